The van der Waals surface area contributed by atoms with Crippen LogP contribution in [0.3, 0.4) is 0 Å². The van der Waals surface area contributed by atoms with E-state index in [9.17, 15) is 4.79 Å². The number of nitrogens with two attached hydrogens (primary N) is 1. The number of hydrogen-bond acceptors (Lipinski definition) is 5. The molecule has 19 heavy (non-hydrogen) atoms. The number of hydrogen-bond donors (Lipinski definition) is 3. The number of anilines is 2. The zero-order valence-electron chi connectivity index (χ0n) is 10.1. The molecular formula is C12H12BrN5O. The number of nitrogens with one attached hydrogen (secondary N) is 2. The zero-order chi connectivity index (χ0) is 13.8. The smallest absolute Gasteiger partial charge is 0.259 e. The summed E-state index contributed by atoms with van der Waals surface area (Å²) >= 11 is 3.27. The highest BCUT2D eigenvalue weighted by atomic mass is 79.9. The third-order valence-corrected chi connectivity index (χ3v) is 2.94. The van der Waals surface area contributed by atoms with Gasteiger partial charge in [0, 0.05) is 28.8 Å². The summed E-state index contributed by atoms with van der Waals surface area (Å²) < 4.78 is 0.697. The number of carbonyl (C=O) groups excluding carboxylic acids is 1. The van der Waals surface area contributed by atoms with Gasteiger partial charge in [0.2, 0.25) is 0 Å². The predicted molar refractivity (Wildman–Crippen MR) is 76.7 cm³/mol. The highest BCUT2D eigenvalue weighted by Gasteiger charge is 2.13. The van der Waals surface area contributed by atoms with Gasteiger partial charge in [-0.3, -0.25) is 9.78 Å². The fourth-order valence-corrected chi connectivity index (χ4v) is 1.86. The third kappa shape index (κ3) is 3.07. The summed E-state index contributed by atoms with van der Waals surface area (Å²) in [6, 6.07) is 3.38. The molecule has 0 aromatic carbocycles. The van der Waals surface area contributed by atoms with Gasteiger partial charge in [-0.15, -0.1) is 0 Å². The van der Waals surface area contributed by atoms with E-state index in [1.165, 1.54) is 0 Å². The second-order valence-corrected chi connectivity index (χ2v) is 4.75. The molecule has 2 aromatic heterocycles. The normalized spacial score (nSPS) is 10.1. The van der Waals surface area contributed by atoms with Crippen molar-refractivity contribution in [2.75, 3.05) is 10.7 Å². The second-order valence-electron chi connectivity index (χ2n) is 3.84. The van der Waals surface area contributed by atoms with E-state index >= 15 is 0 Å². The highest BCUT2D eigenvalue weighted by molar-refractivity contribution is 9.10. The number of aryl methyl sites for hydroxylation is 1. The fourth-order valence-electron chi connectivity index (χ4n) is 1.53. The summed E-state index contributed by atoms with van der Waals surface area (Å²) in [6.07, 6.45) is 4.85. The van der Waals surface area contributed by atoms with Gasteiger partial charge >= 0.3 is 0 Å². The van der Waals surface area contributed by atoms with Gasteiger partial charge in [-0.1, -0.05) is 0 Å². The Labute approximate surface area is 118 Å². The summed E-state index contributed by atoms with van der Waals surface area (Å²) in [6.45, 7) is 1.86. The van der Waals surface area contributed by atoms with Gasteiger partial charge in [-0.05, 0) is 40.5 Å². The van der Waals surface area contributed by atoms with Crippen molar-refractivity contribution < 1.29 is 4.79 Å². The van der Waals surface area contributed by atoms with E-state index in [-0.39, 0.29) is 5.91 Å². The lowest BCUT2D eigenvalue weighted by atomic mass is 10.2. The topological polar surface area (TPSA) is 92.9 Å². The molecule has 0 bridgehead atoms. The van der Waals surface area contributed by atoms with E-state index < -0.39 is 0 Å². The predicted octanol–water partition coefficient (Wildman–Crippen LogP) is 2.09. The molecule has 0 atom stereocenters. The quantitative estimate of drug-likeness (QED) is 0.594. The van der Waals surface area contributed by atoms with Crippen LogP contribution in [0.1, 0.15) is 15.9 Å². The second kappa shape index (κ2) is 5.77. The standard InChI is InChI=1S/C12H12BrN5O/c1-7-5-15-3-2-10(7)17-12(19)9-4-8(13)6-16-11(9)18-14/h2-6H,14H2,1H3,(H,16,18)(H,15,17,19). The number of pyridine rings is 2. The first kappa shape index (κ1) is 13.4. The van der Waals surface area contributed by atoms with E-state index in [0.29, 0.717) is 21.5 Å². The minimum Gasteiger partial charge on any atom is -0.322 e. The van der Waals surface area contributed by atoms with Crippen molar-refractivity contribution in [1.82, 2.24) is 9.97 Å². The molecule has 0 saturated carbocycles. The molecule has 0 aliphatic rings. The fraction of sp³-hybridized carbons (Fsp3) is 0.0833. The number of carbonyl (C=O) groups is 1. The van der Waals surface area contributed by atoms with Crippen LogP contribution in [0, 0.1) is 6.92 Å². The van der Waals surface area contributed by atoms with Gasteiger partial charge in [-0.2, -0.15) is 0 Å². The largest absolute Gasteiger partial charge is 0.322 e. The van der Waals surface area contributed by atoms with E-state index in [0.717, 1.165) is 5.56 Å². The Morgan fingerprint density at radius 1 is 1.42 bits per heavy atom. The maximum Gasteiger partial charge on any atom is 0.259 e. The number of nitrogens with zero attached hydrogens (tertiary/aromatic N) is 2. The summed E-state index contributed by atoms with van der Waals surface area (Å²) in [5, 5.41) is 2.79. The molecule has 0 aliphatic heterocycles. The Morgan fingerprint density at radius 2 is 2.21 bits per heavy atom. The Kier molecular flexibility index (Phi) is 4.08. The molecule has 0 saturated heterocycles. The van der Waals surface area contributed by atoms with Crippen LogP contribution >= 0.6 is 15.9 Å². The van der Waals surface area contributed by atoms with Crippen LogP contribution in [0.15, 0.2) is 35.2 Å². The first-order chi connectivity index (χ1) is 9.11. The Bertz CT molecular complexity index is 617. The minimum absolute atomic E-state index is 0.295. The van der Waals surface area contributed by atoms with Gasteiger partial charge in [0.1, 0.15) is 0 Å². The van der Waals surface area contributed by atoms with Crippen molar-refractivity contribution in [3.63, 3.8) is 0 Å². The van der Waals surface area contributed by atoms with Crippen LogP contribution in [-0.4, -0.2) is 15.9 Å². The number of amides is 1. The van der Waals surface area contributed by atoms with Crippen LogP contribution in [0.4, 0.5) is 11.5 Å². The third-order valence-electron chi connectivity index (χ3n) is 2.50. The average Bonchev–Trinajstić information content (AvgIpc) is 2.41. The van der Waals surface area contributed by atoms with Gasteiger partial charge in [-0.25, -0.2) is 10.8 Å². The Hall–Kier alpha value is -1.99. The Morgan fingerprint density at radius 3 is 2.89 bits per heavy atom. The van der Waals surface area contributed by atoms with Crippen molar-refractivity contribution in [1.29, 1.82) is 0 Å². The van der Waals surface area contributed by atoms with E-state index in [1.54, 1.807) is 30.7 Å². The summed E-state index contributed by atoms with van der Waals surface area (Å²) in [4.78, 5) is 20.2. The van der Waals surface area contributed by atoms with E-state index in [2.05, 4.69) is 36.6 Å². The van der Waals surface area contributed by atoms with Crippen molar-refractivity contribution in [2.24, 2.45) is 5.84 Å². The van der Waals surface area contributed by atoms with Crippen LogP contribution in [-0.2, 0) is 0 Å². The lowest BCUT2D eigenvalue weighted by molar-refractivity contribution is 0.102. The number of nitrogen functional groups attached to an aromatic ring is 1. The van der Waals surface area contributed by atoms with E-state index in [4.69, 9.17) is 5.84 Å². The molecule has 0 aliphatic carbocycles. The van der Waals surface area contributed by atoms with Crippen molar-refractivity contribution in [3.8, 4) is 0 Å². The molecule has 2 heterocycles. The van der Waals surface area contributed by atoms with Crippen molar-refractivity contribution in [2.45, 2.75) is 6.92 Å². The summed E-state index contributed by atoms with van der Waals surface area (Å²) in [7, 11) is 0. The van der Waals surface area contributed by atoms with E-state index in [1.807, 2.05) is 6.92 Å². The monoisotopic (exact) mass is 321 g/mol. The molecule has 0 radical (unpaired) electrons. The molecule has 98 valence electrons. The van der Waals surface area contributed by atoms with Gasteiger partial charge < -0.3 is 10.7 Å². The lowest BCUT2D eigenvalue weighted by Crippen LogP contribution is -2.18. The number of halogens is 1. The Balaban J connectivity index is 2.30. The van der Waals surface area contributed by atoms with Crippen molar-refractivity contribution in [3.05, 3.63) is 46.3 Å². The zero-order valence-corrected chi connectivity index (χ0v) is 11.7. The van der Waals surface area contributed by atoms with Crippen molar-refractivity contribution >= 4 is 33.3 Å². The molecule has 0 spiro atoms. The molecule has 0 unspecified atom stereocenters. The molecule has 4 N–H and O–H groups in total. The molecule has 1 amide bonds. The van der Waals surface area contributed by atoms with Gasteiger partial charge in [0.05, 0.1) is 5.56 Å². The molecule has 7 heteroatoms. The lowest BCUT2D eigenvalue weighted by Gasteiger charge is -2.10. The highest BCUT2D eigenvalue weighted by Crippen LogP contribution is 2.20. The molecule has 0 fully saturated rings. The number of rotatable bonds is 3. The summed E-state index contributed by atoms with van der Waals surface area (Å²) in [5.74, 6) is 5.36. The number of hydrazine groups is 1. The van der Waals surface area contributed by atoms with Crippen LogP contribution in [0.5, 0.6) is 0 Å². The number of aromatic nitrogens is 2. The first-order valence-electron chi connectivity index (χ1n) is 5.46. The minimum atomic E-state index is -0.295. The summed E-state index contributed by atoms with van der Waals surface area (Å²) in [5.41, 5.74) is 4.33. The maximum absolute atomic E-state index is 12.2. The molecular weight excluding hydrogens is 310 g/mol. The van der Waals surface area contributed by atoms with Gasteiger partial charge in [0.25, 0.3) is 5.91 Å². The van der Waals surface area contributed by atoms with Crippen LogP contribution < -0.4 is 16.6 Å². The SMILES string of the molecule is Cc1cnccc1NC(=O)c1cc(Br)cnc1NN. The average molecular weight is 322 g/mol. The van der Waals surface area contributed by atoms with Crippen LogP contribution in [0.2, 0.25) is 0 Å². The molecule has 6 nitrogen and oxygen atoms in total. The van der Waals surface area contributed by atoms with Crippen LogP contribution in [0.25, 0.3) is 0 Å². The molecule has 2 aromatic rings. The first-order valence-corrected chi connectivity index (χ1v) is 6.25. The molecule has 2 rings (SSSR count). The van der Waals surface area contributed by atoms with Gasteiger partial charge in [0.15, 0.2) is 5.82 Å². The maximum atomic E-state index is 12.2.